The molecule has 1 aliphatic carbocycles. The number of likely N-dealkylation sites (N-methyl/N-ethyl adjacent to an activating group) is 1. The second-order valence-corrected chi connectivity index (χ2v) is 7.23. The van der Waals surface area contributed by atoms with Crippen LogP contribution >= 0.6 is 11.8 Å². The fourth-order valence-corrected chi connectivity index (χ4v) is 4.97. The zero-order valence-corrected chi connectivity index (χ0v) is 12.9. The average Bonchev–Trinajstić information content (AvgIpc) is 2.86. The Kier molecular flexibility index (Phi) is 3.04. The number of hydrogen-bond acceptors (Lipinski definition) is 3. The van der Waals surface area contributed by atoms with Crippen molar-refractivity contribution in [2.75, 3.05) is 25.6 Å². The summed E-state index contributed by atoms with van der Waals surface area (Å²) in [6, 6.07) is 7.27. The van der Waals surface area contributed by atoms with E-state index in [0.29, 0.717) is 12.0 Å². The standard InChI is InChI=1S/C16H21N3S/c1-19-8-10(9-20-2)6-12-11-4-3-5-13-16(11)14(18-17-13)7-15(12)19/h3-5,10,12,15H,6-9H2,1-2H3,(H,17,18)/t10?,12-,15-/m0/s1. The molecule has 4 heteroatoms. The first-order valence-electron chi connectivity index (χ1n) is 7.43. The molecule has 0 radical (unpaired) electrons. The lowest BCUT2D eigenvalue weighted by Gasteiger charge is -2.45. The zero-order valence-electron chi connectivity index (χ0n) is 12.1. The highest BCUT2D eigenvalue weighted by molar-refractivity contribution is 7.98. The van der Waals surface area contributed by atoms with E-state index >= 15 is 0 Å². The molecule has 1 fully saturated rings. The van der Waals surface area contributed by atoms with Gasteiger partial charge in [-0.1, -0.05) is 12.1 Å². The second kappa shape index (κ2) is 4.78. The van der Waals surface area contributed by atoms with Gasteiger partial charge in [0.2, 0.25) is 0 Å². The van der Waals surface area contributed by atoms with Crippen LogP contribution in [0.4, 0.5) is 0 Å². The number of fused-ring (bicyclic) bond motifs is 2. The van der Waals surface area contributed by atoms with E-state index in [0.717, 1.165) is 17.9 Å². The van der Waals surface area contributed by atoms with Crippen LogP contribution < -0.4 is 0 Å². The molecule has 1 aromatic carbocycles. The van der Waals surface area contributed by atoms with Crippen LogP contribution in [0.15, 0.2) is 18.2 Å². The van der Waals surface area contributed by atoms with E-state index in [4.69, 9.17) is 0 Å². The molecule has 0 amide bonds. The lowest BCUT2D eigenvalue weighted by Crippen LogP contribution is -2.48. The second-order valence-electron chi connectivity index (χ2n) is 6.32. The van der Waals surface area contributed by atoms with Crippen molar-refractivity contribution in [3.8, 4) is 0 Å². The van der Waals surface area contributed by atoms with Gasteiger partial charge < -0.3 is 4.90 Å². The molecule has 1 N–H and O–H groups in total. The molecule has 0 bridgehead atoms. The Morgan fingerprint density at radius 2 is 2.35 bits per heavy atom. The number of hydrogen-bond donors (Lipinski definition) is 1. The van der Waals surface area contributed by atoms with Gasteiger partial charge in [-0.25, -0.2) is 0 Å². The fourth-order valence-electron chi connectivity index (χ4n) is 4.26. The van der Waals surface area contributed by atoms with Crippen LogP contribution in [0.25, 0.3) is 10.9 Å². The summed E-state index contributed by atoms with van der Waals surface area (Å²) in [4.78, 5) is 2.58. The summed E-state index contributed by atoms with van der Waals surface area (Å²) in [5, 5.41) is 9.15. The molecule has 20 heavy (non-hydrogen) atoms. The Hall–Kier alpha value is -1.00. The van der Waals surface area contributed by atoms with Gasteiger partial charge in [0, 0.05) is 36.0 Å². The third kappa shape index (κ3) is 1.81. The van der Waals surface area contributed by atoms with Crippen LogP contribution in [0.2, 0.25) is 0 Å². The lowest BCUT2D eigenvalue weighted by atomic mass is 9.73. The number of aromatic amines is 1. The van der Waals surface area contributed by atoms with Gasteiger partial charge >= 0.3 is 0 Å². The van der Waals surface area contributed by atoms with Gasteiger partial charge in [-0.15, -0.1) is 0 Å². The normalized spacial score (nSPS) is 29.6. The Morgan fingerprint density at radius 1 is 1.45 bits per heavy atom. The molecule has 0 spiro atoms. The summed E-state index contributed by atoms with van der Waals surface area (Å²) < 4.78 is 0. The molecule has 4 rings (SSSR count). The molecule has 2 aromatic rings. The topological polar surface area (TPSA) is 31.9 Å². The van der Waals surface area contributed by atoms with Crippen LogP contribution in [-0.4, -0.2) is 46.7 Å². The number of nitrogens with zero attached hydrogens (tertiary/aromatic N) is 2. The highest BCUT2D eigenvalue weighted by atomic mass is 32.2. The number of likely N-dealkylation sites (tertiary alicyclic amines) is 1. The van der Waals surface area contributed by atoms with Crippen LogP contribution in [-0.2, 0) is 6.42 Å². The van der Waals surface area contributed by atoms with Crippen molar-refractivity contribution in [3.05, 3.63) is 29.5 Å². The highest BCUT2D eigenvalue weighted by Gasteiger charge is 2.39. The summed E-state index contributed by atoms with van der Waals surface area (Å²) in [6.45, 7) is 1.24. The maximum atomic E-state index is 4.48. The number of aromatic nitrogens is 2. The van der Waals surface area contributed by atoms with Gasteiger partial charge in [-0.3, -0.25) is 5.10 Å². The maximum Gasteiger partial charge on any atom is 0.0926 e. The van der Waals surface area contributed by atoms with E-state index in [1.807, 2.05) is 11.8 Å². The summed E-state index contributed by atoms with van der Waals surface area (Å²) in [7, 11) is 2.30. The molecule has 1 aliphatic heterocycles. The minimum Gasteiger partial charge on any atom is -0.302 e. The predicted molar refractivity (Wildman–Crippen MR) is 85.4 cm³/mol. The van der Waals surface area contributed by atoms with Gasteiger partial charge in [0.05, 0.1) is 5.52 Å². The zero-order chi connectivity index (χ0) is 13.7. The molecular formula is C16H21N3S. The van der Waals surface area contributed by atoms with E-state index in [1.165, 1.54) is 35.4 Å². The number of thioether (sulfide) groups is 1. The number of rotatable bonds is 2. The average molecular weight is 287 g/mol. The fraction of sp³-hybridized carbons (Fsp3) is 0.562. The first kappa shape index (κ1) is 12.7. The minimum absolute atomic E-state index is 0.645. The maximum absolute atomic E-state index is 4.48. The van der Waals surface area contributed by atoms with Gasteiger partial charge in [0.25, 0.3) is 0 Å². The van der Waals surface area contributed by atoms with E-state index < -0.39 is 0 Å². The molecule has 3 atom stereocenters. The molecule has 2 aliphatic rings. The monoisotopic (exact) mass is 287 g/mol. The summed E-state index contributed by atoms with van der Waals surface area (Å²) in [5.41, 5.74) is 4.01. The van der Waals surface area contributed by atoms with Crippen LogP contribution in [0.5, 0.6) is 0 Å². The highest BCUT2D eigenvalue weighted by Crippen LogP contribution is 2.43. The van der Waals surface area contributed by atoms with Gasteiger partial charge in [-0.2, -0.15) is 16.9 Å². The quantitative estimate of drug-likeness (QED) is 0.921. The lowest BCUT2D eigenvalue weighted by molar-refractivity contribution is 0.120. The molecule has 106 valence electrons. The first-order valence-corrected chi connectivity index (χ1v) is 8.82. The van der Waals surface area contributed by atoms with Crippen LogP contribution in [0, 0.1) is 5.92 Å². The molecule has 1 saturated heterocycles. The van der Waals surface area contributed by atoms with Gasteiger partial charge in [-0.05, 0) is 43.0 Å². The van der Waals surface area contributed by atoms with E-state index in [-0.39, 0.29) is 0 Å². The number of nitrogens with one attached hydrogen (secondary N) is 1. The van der Waals surface area contributed by atoms with E-state index in [9.17, 15) is 0 Å². The number of benzene rings is 1. The Bertz CT molecular complexity index is 636. The predicted octanol–water partition coefficient (Wildman–Crippen LogP) is 2.89. The summed E-state index contributed by atoms with van der Waals surface area (Å²) in [6.07, 6.45) is 4.68. The summed E-state index contributed by atoms with van der Waals surface area (Å²) >= 11 is 1.98. The Balaban J connectivity index is 1.79. The molecular weight excluding hydrogens is 266 g/mol. The number of H-pyrrole nitrogens is 1. The molecule has 0 saturated carbocycles. The molecule has 1 aromatic heterocycles. The number of piperidine rings is 1. The molecule has 2 heterocycles. The van der Waals surface area contributed by atoms with E-state index in [2.05, 4.69) is 46.6 Å². The third-order valence-electron chi connectivity index (χ3n) is 5.07. The Morgan fingerprint density at radius 3 is 3.20 bits per heavy atom. The van der Waals surface area contributed by atoms with Gasteiger partial charge in [0.1, 0.15) is 0 Å². The van der Waals surface area contributed by atoms with Crippen molar-refractivity contribution >= 4 is 22.7 Å². The van der Waals surface area contributed by atoms with Gasteiger partial charge in [0.15, 0.2) is 0 Å². The molecule has 3 nitrogen and oxygen atoms in total. The third-order valence-corrected chi connectivity index (χ3v) is 5.87. The molecule has 1 unspecified atom stereocenters. The van der Waals surface area contributed by atoms with Crippen molar-refractivity contribution in [3.63, 3.8) is 0 Å². The van der Waals surface area contributed by atoms with Crippen LogP contribution in [0.3, 0.4) is 0 Å². The summed E-state index contributed by atoms with van der Waals surface area (Å²) in [5.74, 6) is 2.78. The van der Waals surface area contributed by atoms with Crippen molar-refractivity contribution in [2.24, 2.45) is 5.92 Å². The van der Waals surface area contributed by atoms with Crippen molar-refractivity contribution in [1.29, 1.82) is 0 Å². The first-order chi connectivity index (χ1) is 9.78. The van der Waals surface area contributed by atoms with Crippen molar-refractivity contribution < 1.29 is 0 Å². The Labute approximate surface area is 124 Å². The van der Waals surface area contributed by atoms with Crippen molar-refractivity contribution in [1.82, 2.24) is 15.1 Å². The van der Waals surface area contributed by atoms with E-state index in [1.54, 1.807) is 0 Å². The SMILES string of the molecule is CSCC1C[C@H]2c3cccc4n[nH]c(c34)C[C@@H]2N(C)C1. The van der Waals surface area contributed by atoms with Crippen molar-refractivity contribution in [2.45, 2.75) is 24.8 Å². The smallest absolute Gasteiger partial charge is 0.0926 e. The van der Waals surface area contributed by atoms with Crippen LogP contribution in [0.1, 0.15) is 23.6 Å². The largest absolute Gasteiger partial charge is 0.302 e. The minimum atomic E-state index is 0.645.